The summed E-state index contributed by atoms with van der Waals surface area (Å²) in [5, 5.41) is 0. The molecule has 5 rings (SSSR count). The first-order valence-electron chi connectivity index (χ1n) is 11.7. The van der Waals surface area contributed by atoms with Crippen LogP contribution < -0.4 is 0 Å². The minimum atomic E-state index is 0.128. The molecule has 4 aromatic rings. The Morgan fingerprint density at radius 1 is 1.00 bits per heavy atom. The number of piperidine rings is 1. The third kappa shape index (κ3) is 3.84. The van der Waals surface area contributed by atoms with Gasteiger partial charge >= 0.3 is 0 Å². The number of aromatic amines is 1. The Bertz CT molecular complexity index is 1350. The lowest BCUT2D eigenvalue weighted by molar-refractivity contribution is 0.0712. The minimum Gasteiger partial charge on any atom is -0.342 e. The highest BCUT2D eigenvalue weighted by Gasteiger charge is 2.26. The Morgan fingerprint density at radius 2 is 1.76 bits per heavy atom. The lowest BCUT2D eigenvalue weighted by atomic mass is 9.89. The highest BCUT2D eigenvalue weighted by Crippen LogP contribution is 2.32. The van der Waals surface area contributed by atoms with Gasteiger partial charge in [0.25, 0.3) is 5.91 Å². The number of amides is 1. The number of hydrogen-bond acceptors (Lipinski definition) is 3. The van der Waals surface area contributed by atoms with E-state index in [9.17, 15) is 4.79 Å². The van der Waals surface area contributed by atoms with Crippen LogP contribution in [-0.4, -0.2) is 43.2 Å². The Morgan fingerprint density at radius 3 is 2.45 bits per heavy atom. The first kappa shape index (κ1) is 21.4. The maximum Gasteiger partial charge on any atom is 0.254 e. The van der Waals surface area contributed by atoms with E-state index in [1.165, 1.54) is 5.56 Å². The number of fused-ring (bicyclic) bond motifs is 1. The van der Waals surface area contributed by atoms with Crippen molar-refractivity contribution in [3.05, 3.63) is 76.3 Å². The summed E-state index contributed by atoms with van der Waals surface area (Å²) in [6, 6.07) is 8.63. The monoisotopic (exact) mass is 441 g/mol. The molecule has 170 valence electrons. The lowest BCUT2D eigenvalue weighted by Gasteiger charge is -2.33. The molecule has 3 aromatic heterocycles. The molecular weight excluding hydrogens is 410 g/mol. The van der Waals surface area contributed by atoms with Crippen molar-refractivity contribution in [3.8, 4) is 11.3 Å². The summed E-state index contributed by atoms with van der Waals surface area (Å²) in [7, 11) is 0. The molecule has 33 heavy (non-hydrogen) atoms. The van der Waals surface area contributed by atoms with Gasteiger partial charge in [0.1, 0.15) is 5.82 Å². The number of likely N-dealkylation sites (tertiary alicyclic amines) is 1. The minimum absolute atomic E-state index is 0.128. The summed E-state index contributed by atoms with van der Waals surface area (Å²) in [6.07, 6.45) is 5.91. The summed E-state index contributed by atoms with van der Waals surface area (Å²) < 4.78 is 2.07. The van der Waals surface area contributed by atoms with Gasteiger partial charge in [-0.3, -0.25) is 4.79 Å². The Balaban J connectivity index is 1.36. The third-order valence-corrected chi connectivity index (χ3v) is 7.08. The van der Waals surface area contributed by atoms with Crippen LogP contribution in [0.25, 0.3) is 16.8 Å². The SMILES string of the molecule is Cc1nc(C)c(-c2cc(C(=O)N3CCC(c4ccn5cnc(C)c5c4)CC3)c(C)cc2C)[nH]1. The van der Waals surface area contributed by atoms with E-state index in [4.69, 9.17) is 0 Å². The number of rotatable bonds is 3. The first-order chi connectivity index (χ1) is 15.8. The molecule has 0 saturated carbocycles. The second kappa shape index (κ2) is 8.18. The number of carbonyl (C=O) groups excluding carboxylic acids is 1. The second-order valence-electron chi connectivity index (χ2n) is 9.41. The predicted octanol–water partition coefficient (Wildman–Crippen LogP) is 5.29. The maximum atomic E-state index is 13.5. The Labute approximate surface area is 194 Å². The average Bonchev–Trinajstić information content (AvgIpc) is 3.34. The van der Waals surface area contributed by atoms with Gasteiger partial charge in [-0.1, -0.05) is 6.07 Å². The van der Waals surface area contributed by atoms with Gasteiger partial charge < -0.3 is 14.3 Å². The number of H-pyrrole nitrogens is 1. The molecule has 0 radical (unpaired) electrons. The van der Waals surface area contributed by atoms with Crippen LogP contribution in [0.5, 0.6) is 0 Å². The molecule has 1 saturated heterocycles. The number of nitrogens with one attached hydrogen (secondary N) is 1. The van der Waals surface area contributed by atoms with E-state index < -0.39 is 0 Å². The highest BCUT2D eigenvalue weighted by molar-refractivity contribution is 5.97. The van der Waals surface area contributed by atoms with Crippen molar-refractivity contribution in [3.63, 3.8) is 0 Å². The van der Waals surface area contributed by atoms with Crippen LogP contribution in [0.4, 0.5) is 0 Å². The number of carbonyl (C=O) groups is 1. The molecule has 1 N–H and O–H groups in total. The van der Waals surface area contributed by atoms with Crippen molar-refractivity contribution in [1.29, 1.82) is 0 Å². The highest BCUT2D eigenvalue weighted by atomic mass is 16.2. The van der Waals surface area contributed by atoms with Gasteiger partial charge in [-0.15, -0.1) is 0 Å². The van der Waals surface area contributed by atoms with Gasteiger partial charge in [0, 0.05) is 30.4 Å². The van der Waals surface area contributed by atoms with Crippen molar-refractivity contribution >= 4 is 11.4 Å². The smallest absolute Gasteiger partial charge is 0.254 e. The number of pyridine rings is 1. The predicted molar refractivity (Wildman–Crippen MR) is 131 cm³/mol. The van der Waals surface area contributed by atoms with E-state index in [2.05, 4.69) is 56.7 Å². The molecule has 1 fully saturated rings. The largest absolute Gasteiger partial charge is 0.342 e. The number of benzene rings is 1. The third-order valence-electron chi connectivity index (χ3n) is 7.08. The van der Waals surface area contributed by atoms with Crippen LogP contribution in [0.2, 0.25) is 0 Å². The molecule has 4 heterocycles. The van der Waals surface area contributed by atoms with E-state index in [0.717, 1.165) is 76.6 Å². The van der Waals surface area contributed by atoms with Crippen LogP contribution in [0, 0.1) is 34.6 Å². The fraction of sp³-hybridized carbons (Fsp3) is 0.370. The van der Waals surface area contributed by atoms with E-state index in [1.54, 1.807) is 0 Å². The fourth-order valence-electron chi connectivity index (χ4n) is 5.20. The molecule has 6 heteroatoms. The quantitative estimate of drug-likeness (QED) is 0.470. The van der Waals surface area contributed by atoms with Crippen molar-refractivity contribution in [2.45, 2.75) is 53.4 Å². The number of aryl methyl sites for hydroxylation is 5. The van der Waals surface area contributed by atoms with Crippen LogP contribution in [0.15, 0.2) is 36.8 Å². The van der Waals surface area contributed by atoms with Crippen LogP contribution in [-0.2, 0) is 0 Å². The van der Waals surface area contributed by atoms with Gasteiger partial charge in [-0.05, 0) is 88.3 Å². The summed E-state index contributed by atoms with van der Waals surface area (Å²) in [6.45, 7) is 11.7. The molecule has 0 aliphatic carbocycles. The normalized spacial score (nSPS) is 14.9. The van der Waals surface area contributed by atoms with Gasteiger partial charge in [0.15, 0.2) is 0 Å². The molecular formula is C27H31N5O. The van der Waals surface area contributed by atoms with Crippen molar-refractivity contribution in [1.82, 2.24) is 24.3 Å². The first-order valence-corrected chi connectivity index (χ1v) is 11.7. The van der Waals surface area contributed by atoms with Crippen LogP contribution in [0.1, 0.15) is 63.0 Å². The van der Waals surface area contributed by atoms with E-state index in [0.29, 0.717) is 5.92 Å². The van der Waals surface area contributed by atoms with Crippen molar-refractivity contribution < 1.29 is 4.79 Å². The Kier molecular flexibility index (Phi) is 5.31. The van der Waals surface area contributed by atoms with Crippen molar-refractivity contribution in [2.24, 2.45) is 0 Å². The number of imidazole rings is 2. The lowest BCUT2D eigenvalue weighted by Crippen LogP contribution is -2.38. The van der Waals surface area contributed by atoms with Gasteiger partial charge in [0.05, 0.1) is 28.9 Å². The van der Waals surface area contributed by atoms with Crippen LogP contribution in [0.3, 0.4) is 0 Å². The standard InChI is InChI=1S/C27H31N5O/c1-16-12-17(2)24(14-23(16)26-19(4)29-20(5)30-26)27(33)31-9-6-21(7-10-31)22-8-11-32-15-28-18(3)25(32)13-22/h8,11-15,21H,6-7,9-10H2,1-5H3,(H,29,30). The molecule has 1 aromatic carbocycles. The van der Waals surface area contributed by atoms with E-state index >= 15 is 0 Å². The molecule has 1 aliphatic heterocycles. The second-order valence-corrected chi connectivity index (χ2v) is 9.41. The van der Waals surface area contributed by atoms with E-state index in [-0.39, 0.29) is 5.91 Å². The summed E-state index contributed by atoms with van der Waals surface area (Å²) in [5.41, 5.74) is 9.55. The molecule has 0 bridgehead atoms. The summed E-state index contributed by atoms with van der Waals surface area (Å²) >= 11 is 0. The number of nitrogens with zero attached hydrogens (tertiary/aromatic N) is 4. The zero-order valence-electron chi connectivity index (χ0n) is 20.1. The average molecular weight is 442 g/mol. The molecule has 6 nitrogen and oxygen atoms in total. The Hall–Kier alpha value is -3.41. The maximum absolute atomic E-state index is 13.5. The van der Waals surface area contributed by atoms with Crippen LogP contribution >= 0.6 is 0 Å². The van der Waals surface area contributed by atoms with Gasteiger partial charge in [-0.2, -0.15) is 0 Å². The molecule has 0 atom stereocenters. The number of aromatic nitrogens is 4. The molecule has 1 amide bonds. The molecule has 0 spiro atoms. The van der Waals surface area contributed by atoms with Crippen molar-refractivity contribution in [2.75, 3.05) is 13.1 Å². The molecule has 0 unspecified atom stereocenters. The zero-order chi connectivity index (χ0) is 23.3. The van der Waals surface area contributed by atoms with Gasteiger partial charge in [0.2, 0.25) is 0 Å². The number of hydrogen-bond donors (Lipinski definition) is 1. The summed E-state index contributed by atoms with van der Waals surface area (Å²) in [5.74, 6) is 1.49. The molecule has 1 aliphatic rings. The fourth-order valence-corrected chi connectivity index (χ4v) is 5.20. The van der Waals surface area contributed by atoms with E-state index in [1.807, 2.05) is 38.9 Å². The summed E-state index contributed by atoms with van der Waals surface area (Å²) in [4.78, 5) is 27.8. The van der Waals surface area contributed by atoms with Gasteiger partial charge in [-0.25, -0.2) is 9.97 Å². The zero-order valence-corrected chi connectivity index (χ0v) is 20.1. The topological polar surface area (TPSA) is 66.3 Å².